The van der Waals surface area contributed by atoms with Crippen LogP contribution in [0.25, 0.3) is 11.1 Å². The molecule has 2 aromatic rings. The molecule has 3 N–H and O–H groups in total. The van der Waals surface area contributed by atoms with Gasteiger partial charge in [0.2, 0.25) is 11.8 Å². The van der Waals surface area contributed by atoms with Gasteiger partial charge < -0.3 is 20.2 Å². The predicted octanol–water partition coefficient (Wildman–Crippen LogP) is 0.666. The average Bonchev–Trinajstić information content (AvgIpc) is 3.25. The second kappa shape index (κ2) is 8.53. The second-order valence-corrected chi connectivity index (χ2v) is 12.6. The first-order valence-corrected chi connectivity index (χ1v) is 13.0. The molecule has 3 aliphatic rings. The van der Waals surface area contributed by atoms with E-state index in [-0.39, 0.29) is 17.6 Å². The quantitative estimate of drug-likeness (QED) is 0.531. The van der Waals surface area contributed by atoms with Crippen LogP contribution in [0, 0.1) is 23.7 Å². The van der Waals surface area contributed by atoms with E-state index in [0.717, 1.165) is 5.69 Å². The minimum absolute atomic E-state index is 0.0540. The normalized spacial score (nSPS) is 30.8. The fraction of sp³-hybridized carbons (Fsp3) is 0.571. The number of aromatic nitrogens is 1. The number of nitrogens with zero attached hydrogens (tertiary/aromatic N) is 3. The molecule has 0 saturated heterocycles. The summed E-state index contributed by atoms with van der Waals surface area (Å²) >= 11 is 0. The van der Waals surface area contributed by atoms with E-state index in [1.54, 1.807) is 14.1 Å². The van der Waals surface area contributed by atoms with Gasteiger partial charge in [0.05, 0.1) is 17.5 Å². The van der Waals surface area contributed by atoms with Crippen LogP contribution in [0.1, 0.15) is 49.0 Å². The number of hydrogen-bond donors (Lipinski definition) is 2. The van der Waals surface area contributed by atoms with Crippen LogP contribution in [-0.2, 0) is 31.0 Å². The number of Topliss-reactive ketones (excluding diaryl/α,β-unsaturated/α-hetero) is 4. The molecule has 0 spiro atoms. The summed E-state index contributed by atoms with van der Waals surface area (Å²) in [6.45, 7) is 5.80. The topological polar surface area (TPSA) is 164 Å². The van der Waals surface area contributed by atoms with Crippen molar-refractivity contribution in [2.75, 3.05) is 33.1 Å². The van der Waals surface area contributed by atoms with E-state index in [1.165, 1.54) is 4.90 Å². The molecule has 0 aliphatic heterocycles. The van der Waals surface area contributed by atoms with E-state index in [0.29, 0.717) is 23.4 Å². The molecule has 0 bridgehead atoms. The molecule has 2 fully saturated rings. The van der Waals surface area contributed by atoms with E-state index >= 15 is 0 Å². The molecule has 208 valence electrons. The monoisotopic (exact) mass is 538 g/mol. The first-order chi connectivity index (χ1) is 18.0. The van der Waals surface area contributed by atoms with E-state index in [1.807, 2.05) is 45.8 Å². The molecule has 2 saturated carbocycles. The van der Waals surface area contributed by atoms with Crippen molar-refractivity contribution < 1.29 is 33.5 Å². The third-order valence-electron chi connectivity index (χ3n) is 8.54. The molecule has 39 heavy (non-hydrogen) atoms. The lowest BCUT2D eigenvalue weighted by Crippen LogP contribution is -2.74. The predicted molar refractivity (Wildman–Crippen MR) is 140 cm³/mol. The summed E-state index contributed by atoms with van der Waals surface area (Å²) in [5.74, 6) is -9.37. The van der Waals surface area contributed by atoms with E-state index in [9.17, 15) is 29.1 Å². The smallest absolute Gasteiger partial charge is 0.235 e. The standard InChI is InChI=1S/C28H34N4O7/c1-27(2,3)26-30-14-10-15(31(4)5)12-8-11-9-13-19(32(6)7)21(34)18(25(29)37)24(36)28(13,38)23(35)16(11)20(33)17(12)22(14)39-26/h10-11,13,16,18-19,38H,8-9H2,1-7H3,(H2,29,37)/t11-,13-,16?,18?,19-,28-/m0/s1. The molecule has 1 aromatic heterocycles. The summed E-state index contributed by atoms with van der Waals surface area (Å²) in [7, 11) is 6.84. The van der Waals surface area contributed by atoms with E-state index in [2.05, 4.69) is 4.98 Å². The zero-order valence-electron chi connectivity index (χ0n) is 23.2. The number of carbonyl (C=O) groups is 5. The zero-order chi connectivity index (χ0) is 28.9. The van der Waals surface area contributed by atoms with Crippen LogP contribution < -0.4 is 10.6 Å². The van der Waals surface area contributed by atoms with Crippen LogP contribution >= 0.6 is 0 Å². The number of nitrogens with two attached hydrogens (primary N) is 1. The van der Waals surface area contributed by atoms with Gasteiger partial charge in [0, 0.05) is 31.1 Å². The minimum Gasteiger partial charge on any atom is -0.439 e. The number of anilines is 1. The van der Waals surface area contributed by atoms with E-state index in [4.69, 9.17) is 10.2 Å². The van der Waals surface area contributed by atoms with Crippen molar-refractivity contribution in [1.29, 1.82) is 0 Å². The van der Waals surface area contributed by atoms with Crippen LogP contribution in [0.3, 0.4) is 0 Å². The van der Waals surface area contributed by atoms with Gasteiger partial charge in [0.15, 0.2) is 40.2 Å². The Hall–Kier alpha value is -3.44. The Morgan fingerprint density at radius 2 is 1.77 bits per heavy atom. The maximum absolute atomic E-state index is 14.2. The van der Waals surface area contributed by atoms with Gasteiger partial charge in [-0.25, -0.2) is 4.98 Å². The number of ketones is 4. The number of amides is 1. The molecule has 1 amide bonds. The van der Waals surface area contributed by atoms with Crippen LogP contribution in [-0.4, -0.2) is 83.9 Å². The average molecular weight is 539 g/mol. The Kier molecular flexibility index (Phi) is 5.93. The molecule has 2 unspecified atom stereocenters. The molecule has 6 atom stereocenters. The van der Waals surface area contributed by atoms with Gasteiger partial charge in [0.1, 0.15) is 5.52 Å². The lowest BCUT2D eigenvalue weighted by molar-refractivity contribution is -0.181. The van der Waals surface area contributed by atoms with Gasteiger partial charge >= 0.3 is 0 Å². The molecule has 11 nitrogen and oxygen atoms in total. The molecular formula is C28H34N4O7. The van der Waals surface area contributed by atoms with Crippen molar-refractivity contribution in [2.45, 2.75) is 50.7 Å². The summed E-state index contributed by atoms with van der Waals surface area (Å²) in [6, 6.07) is 0.751. The molecule has 0 radical (unpaired) electrons. The fourth-order valence-electron chi connectivity index (χ4n) is 6.76. The van der Waals surface area contributed by atoms with E-state index < -0.39 is 69.8 Å². The largest absolute Gasteiger partial charge is 0.439 e. The fourth-order valence-corrected chi connectivity index (χ4v) is 6.76. The zero-order valence-corrected chi connectivity index (χ0v) is 23.2. The number of hydrogen-bond acceptors (Lipinski definition) is 10. The highest BCUT2D eigenvalue weighted by Crippen LogP contribution is 2.51. The van der Waals surface area contributed by atoms with Crippen molar-refractivity contribution in [3.8, 4) is 0 Å². The first-order valence-electron chi connectivity index (χ1n) is 13.0. The summed E-state index contributed by atoms with van der Waals surface area (Å²) in [5.41, 5.74) is 4.63. The maximum atomic E-state index is 14.2. The van der Waals surface area contributed by atoms with Gasteiger partial charge in [-0.15, -0.1) is 0 Å². The summed E-state index contributed by atoms with van der Waals surface area (Å²) < 4.78 is 6.11. The number of fused-ring (bicyclic) bond motifs is 5. The van der Waals surface area contributed by atoms with Gasteiger partial charge in [-0.05, 0) is 44.5 Å². The lowest BCUT2D eigenvalue weighted by Gasteiger charge is -2.52. The van der Waals surface area contributed by atoms with Gasteiger partial charge in [-0.3, -0.25) is 28.9 Å². The Bertz CT molecular complexity index is 1470. The van der Waals surface area contributed by atoms with Crippen LogP contribution in [0.5, 0.6) is 0 Å². The highest BCUT2D eigenvalue weighted by Gasteiger charge is 2.69. The van der Waals surface area contributed by atoms with Crippen molar-refractivity contribution in [3.63, 3.8) is 0 Å². The van der Waals surface area contributed by atoms with Crippen molar-refractivity contribution in [1.82, 2.24) is 9.88 Å². The van der Waals surface area contributed by atoms with Crippen molar-refractivity contribution >= 4 is 45.8 Å². The Labute approximate surface area is 225 Å². The molecule has 1 heterocycles. The molecule has 5 rings (SSSR count). The Morgan fingerprint density at radius 1 is 1.13 bits per heavy atom. The molecule has 3 aliphatic carbocycles. The molecule has 11 heteroatoms. The highest BCUT2D eigenvalue weighted by atomic mass is 16.4. The molecule has 1 aromatic carbocycles. The Morgan fingerprint density at radius 3 is 2.31 bits per heavy atom. The third-order valence-corrected chi connectivity index (χ3v) is 8.54. The summed E-state index contributed by atoms with van der Waals surface area (Å²) in [5, 5.41) is 11.8. The van der Waals surface area contributed by atoms with Crippen molar-refractivity contribution in [2.24, 2.45) is 29.4 Å². The number of benzene rings is 1. The SMILES string of the molecule is CN(C)c1cc2nc(C(C)(C)C)oc2c2c1C[C@H]1C[C@H]3[C@H](N(C)C)C(=O)C(C(N)=O)C(=O)[C@@]3(O)C(=O)C1C2=O. The highest BCUT2D eigenvalue weighted by molar-refractivity contribution is 6.32. The lowest BCUT2D eigenvalue weighted by atomic mass is 9.52. The minimum atomic E-state index is -2.70. The number of carbonyl (C=O) groups excluding carboxylic acids is 5. The van der Waals surface area contributed by atoms with Crippen LogP contribution in [0.15, 0.2) is 10.5 Å². The van der Waals surface area contributed by atoms with Crippen molar-refractivity contribution in [3.05, 3.63) is 23.1 Å². The van der Waals surface area contributed by atoms with Gasteiger partial charge in [-0.2, -0.15) is 0 Å². The summed E-state index contributed by atoms with van der Waals surface area (Å²) in [6.07, 6.45) is 0.347. The third kappa shape index (κ3) is 3.62. The number of likely N-dealkylation sites (N-methyl/N-ethyl adjacent to an activating group) is 1. The maximum Gasteiger partial charge on any atom is 0.235 e. The number of primary amides is 1. The van der Waals surface area contributed by atoms with Crippen LogP contribution in [0.2, 0.25) is 0 Å². The molecular weight excluding hydrogens is 504 g/mol. The summed E-state index contributed by atoms with van der Waals surface area (Å²) in [4.78, 5) is 75.1. The number of rotatable bonds is 3. The Balaban J connectivity index is 1.72. The first kappa shape index (κ1) is 27.1. The van der Waals surface area contributed by atoms with Crippen LogP contribution in [0.4, 0.5) is 5.69 Å². The number of oxazole rings is 1. The second-order valence-electron chi connectivity index (χ2n) is 12.6. The number of aliphatic hydroxyl groups is 1. The van der Waals surface area contributed by atoms with Gasteiger partial charge in [0.25, 0.3) is 0 Å². The van der Waals surface area contributed by atoms with Gasteiger partial charge in [-0.1, -0.05) is 20.8 Å².